The van der Waals surface area contributed by atoms with E-state index in [9.17, 15) is 4.79 Å². The van der Waals surface area contributed by atoms with E-state index in [-0.39, 0.29) is 12.1 Å². The third-order valence-corrected chi connectivity index (χ3v) is 3.32. The van der Waals surface area contributed by atoms with Gasteiger partial charge in [-0.3, -0.25) is 0 Å². The summed E-state index contributed by atoms with van der Waals surface area (Å²) in [5, 5.41) is 0. The van der Waals surface area contributed by atoms with Gasteiger partial charge in [0.2, 0.25) is 0 Å². The van der Waals surface area contributed by atoms with Crippen molar-refractivity contribution in [1.82, 2.24) is 4.90 Å². The molecule has 1 amide bonds. The Hall–Kier alpha value is -1.03. The molecule has 1 atom stereocenters. The van der Waals surface area contributed by atoms with E-state index in [1.165, 1.54) is 0 Å². The van der Waals surface area contributed by atoms with Crippen molar-refractivity contribution >= 4 is 22.0 Å². The molecule has 0 bridgehead atoms. The highest BCUT2D eigenvalue weighted by Gasteiger charge is 2.25. The summed E-state index contributed by atoms with van der Waals surface area (Å²) in [6, 6.07) is 8.06. The minimum atomic E-state index is -0.469. The topological polar surface area (TPSA) is 29.5 Å². The van der Waals surface area contributed by atoms with Gasteiger partial charge in [0, 0.05) is 11.5 Å². The molecule has 0 N–H and O–H groups in total. The molecule has 0 aromatic heterocycles. The van der Waals surface area contributed by atoms with E-state index in [4.69, 9.17) is 4.74 Å². The summed E-state index contributed by atoms with van der Waals surface area (Å²) in [6.45, 7) is 7.69. The van der Waals surface area contributed by atoms with Gasteiger partial charge in [-0.25, -0.2) is 4.79 Å². The SMILES string of the molecule is CCC(c1ccc(Br)cc1)N(C)C(=O)OC(C)(C)C. The van der Waals surface area contributed by atoms with Gasteiger partial charge in [-0.2, -0.15) is 0 Å². The number of halogens is 1. The number of hydrogen-bond acceptors (Lipinski definition) is 2. The molecule has 0 aliphatic heterocycles. The predicted octanol–water partition coefficient (Wildman–Crippen LogP) is 4.77. The number of ether oxygens (including phenoxy) is 1. The van der Waals surface area contributed by atoms with E-state index in [1.54, 1.807) is 11.9 Å². The van der Waals surface area contributed by atoms with Crippen molar-refractivity contribution in [3.8, 4) is 0 Å². The van der Waals surface area contributed by atoms with Crippen molar-refractivity contribution < 1.29 is 9.53 Å². The molecular formula is C15H22BrNO2. The number of benzene rings is 1. The van der Waals surface area contributed by atoms with Crippen molar-refractivity contribution in [3.05, 3.63) is 34.3 Å². The van der Waals surface area contributed by atoms with Gasteiger partial charge in [0.05, 0.1) is 6.04 Å². The average molecular weight is 328 g/mol. The van der Waals surface area contributed by atoms with Crippen molar-refractivity contribution in [1.29, 1.82) is 0 Å². The molecule has 0 radical (unpaired) electrons. The van der Waals surface area contributed by atoms with E-state index < -0.39 is 5.60 Å². The first kappa shape index (κ1) is 16.0. The zero-order chi connectivity index (χ0) is 14.6. The van der Waals surface area contributed by atoms with Gasteiger partial charge in [-0.05, 0) is 44.9 Å². The van der Waals surface area contributed by atoms with Crippen molar-refractivity contribution in [3.63, 3.8) is 0 Å². The molecule has 0 aliphatic carbocycles. The predicted molar refractivity (Wildman–Crippen MR) is 81.2 cm³/mol. The first-order valence-electron chi connectivity index (χ1n) is 6.46. The van der Waals surface area contributed by atoms with Gasteiger partial charge in [-0.15, -0.1) is 0 Å². The largest absolute Gasteiger partial charge is 0.444 e. The average Bonchev–Trinajstić information content (AvgIpc) is 2.30. The minimum Gasteiger partial charge on any atom is -0.444 e. The summed E-state index contributed by atoms with van der Waals surface area (Å²) in [5.74, 6) is 0. The lowest BCUT2D eigenvalue weighted by atomic mass is 10.0. The maximum absolute atomic E-state index is 12.1. The number of carbonyl (C=O) groups is 1. The summed E-state index contributed by atoms with van der Waals surface area (Å²) in [5.41, 5.74) is 0.641. The van der Waals surface area contributed by atoms with E-state index in [1.807, 2.05) is 45.0 Å². The van der Waals surface area contributed by atoms with Crippen LogP contribution in [0.3, 0.4) is 0 Å². The van der Waals surface area contributed by atoms with Gasteiger partial charge in [0.25, 0.3) is 0 Å². The van der Waals surface area contributed by atoms with Crippen LogP contribution in [0.5, 0.6) is 0 Å². The Labute approximate surface area is 124 Å². The molecule has 0 fully saturated rings. The first-order valence-corrected chi connectivity index (χ1v) is 7.25. The number of hydrogen-bond donors (Lipinski definition) is 0. The van der Waals surface area contributed by atoms with Gasteiger partial charge in [0.1, 0.15) is 5.60 Å². The summed E-state index contributed by atoms with van der Waals surface area (Å²) in [7, 11) is 1.78. The van der Waals surface area contributed by atoms with Crippen LogP contribution in [-0.4, -0.2) is 23.6 Å². The van der Waals surface area contributed by atoms with Crippen LogP contribution < -0.4 is 0 Å². The fraction of sp³-hybridized carbons (Fsp3) is 0.533. The second-order valence-electron chi connectivity index (χ2n) is 5.57. The third kappa shape index (κ3) is 4.86. The lowest BCUT2D eigenvalue weighted by Gasteiger charge is -2.30. The fourth-order valence-corrected chi connectivity index (χ4v) is 2.14. The van der Waals surface area contributed by atoms with Crippen LogP contribution in [-0.2, 0) is 4.74 Å². The Morgan fingerprint density at radius 2 is 1.84 bits per heavy atom. The number of rotatable bonds is 3. The summed E-state index contributed by atoms with van der Waals surface area (Å²) in [4.78, 5) is 13.8. The van der Waals surface area contributed by atoms with E-state index >= 15 is 0 Å². The maximum atomic E-state index is 12.1. The first-order chi connectivity index (χ1) is 8.74. The summed E-state index contributed by atoms with van der Waals surface area (Å²) in [6.07, 6.45) is 0.555. The highest BCUT2D eigenvalue weighted by atomic mass is 79.9. The molecule has 1 aromatic rings. The van der Waals surface area contributed by atoms with Crippen molar-refractivity contribution in [2.45, 2.75) is 45.8 Å². The second kappa shape index (κ2) is 6.42. The summed E-state index contributed by atoms with van der Waals surface area (Å²) >= 11 is 3.42. The van der Waals surface area contributed by atoms with Crippen LogP contribution in [0.25, 0.3) is 0 Å². The molecule has 106 valence electrons. The molecule has 3 nitrogen and oxygen atoms in total. The van der Waals surface area contributed by atoms with Gasteiger partial charge in [-0.1, -0.05) is 35.0 Å². The minimum absolute atomic E-state index is 0.0305. The number of carbonyl (C=O) groups excluding carboxylic acids is 1. The Morgan fingerprint density at radius 1 is 1.32 bits per heavy atom. The van der Waals surface area contributed by atoms with E-state index in [2.05, 4.69) is 22.9 Å². The Balaban J connectivity index is 2.85. The highest BCUT2D eigenvalue weighted by molar-refractivity contribution is 9.10. The van der Waals surface area contributed by atoms with Crippen molar-refractivity contribution in [2.24, 2.45) is 0 Å². The lowest BCUT2D eigenvalue weighted by molar-refractivity contribution is 0.0215. The summed E-state index contributed by atoms with van der Waals surface area (Å²) < 4.78 is 6.44. The van der Waals surface area contributed by atoms with Crippen LogP contribution in [0.4, 0.5) is 4.79 Å². The molecule has 0 spiro atoms. The van der Waals surface area contributed by atoms with Crippen LogP contribution in [0.1, 0.15) is 45.7 Å². The van der Waals surface area contributed by atoms with Crippen molar-refractivity contribution in [2.75, 3.05) is 7.05 Å². The molecule has 4 heteroatoms. The Kier molecular flexibility index (Phi) is 5.41. The zero-order valence-corrected chi connectivity index (χ0v) is 13.8. The monoisotopic (exact) mass is 327 g/mol. The molecular weight excluding hydrogens is 306 g/mol. The molecule has 0 saturated heterocycles. The van der Waals surface area contributed by atoms with Gasteiger partial charge >= 0.3 is 6.09 Å². The third-order valence-electron chi connectivity index (χ3n) is 2.79. The lowest BCUT2D eigenvalue weighted by Crippen LogP contribution is -2.36. The normalized spacial score (nSPS) is 12.9. The molecule has 1 unspecified atom stereocenters. The van der Waals surface area contributed by atoms with Crippen LogP contribution >= 0.6 is 15.9 Å². The van der Waals surface area contributed by atoms with Crippen LogP contribution in [0, 0.1) is 0 Å². The zero-order valence-electron chi connectivity index (χ0n) is 12.2. The second-order valence-corrected chi connectivity index (χ2v) is 6.48. The number of amides is 1. The standard InChI is InChI=1S/C15H22BrNO2/c1-6-13(11-7-9-12(16)10-8-11)17(5)14(18)19-15(2,3)4/h7-10,13H,6H2,1-5H3. The van der Waals surface area contributed by atoms with Gasteiger partial charge in [0.15, 0.2) is 0 Å². The molecule has 0 saturated carbocycles. The quantitative estimate of drug-likeness (QED) is 0.800. The van der Waals surface area contributed by atoms with E-state index in [0.717, 1.165) is 16.5 Å². The molecule has 1 rings (SSSR count). The number of nitrogens with zero attached hydrogens (tertiary/aromatic N) is 1. The Bertz CT molecular complexity index is 423. The van der Waals surface area contributed by atoms with Crippen LogP contribution in [0.2, 0.25) is 0 Å². The fourth-order valence-electron chi connectivity index (χ4n) is 1.88. The smallest absolute Gasteiger partial charge is 0.410 e. The van der Waals surface area contributed by atoms with E-state index in [0.29, 0.717) is 0 Å². The molecule has 0 heterocycles. The molecule has 19 heavy (non-hydrogen) atoms. The van der Waals surface area contributed by atoms with Crippen LogP contribution in [0.15, 0.2) is 28.7 Å². The van der Waals surface area contributed by atoms with Gasteiger partial charge < -0.3 is 9.64 Å². The molecule has 0 aliphatic rings. The Morgan fingerprint density at radius 3 is 2.26 bits per heavy atom. The highest BCUT2D eigenvalue weighted by Crippen LogP contribution is 2.26. The maximum Gasteiger partial charge on any atom is 0.410 e. The molecule has 1 aromatic carbocycles.